The van der Waals surface area contributed by atoms with Gasteiger partial charge in [0.05, 0.1) is 11.8 Å². The molecule has 1 atom stereocenters. The fourth-order valence-electron chi connectivity index (χ4n) is 1.69. The van der Waals surface area contributed by atoms with Gasteiger partial charge in [0.1, 0.15) is 6.17 Å². The second-order valence-electron chi connectivity index (χ2n) is 4.03. The molecule has 0 aliphatic rings. The molecule has 19 heavy (non-hydrogen) atoms. The summed E-state index contributed by atoms with van der Waals surface area (Å²) < 4.78 is 38.9. The van der Waals surface area contributed by atoms with Gasteiger partial charge in [-0.15, -0.1) is 5.10 Å². The molecule has 102 valence electrons. The van der Waals surface area contributed by atoms with Gasteiger partial charge in [-0.3, -0.25) is 0 Å². The van der Waals surface area contributed by atoms with Gasteiger partial charge < -0.3 is 5.32 Å². The smallest absolute Gasteiger partial charge is 0.364 e. The van der Waals surface area contributed by atoms with E-state index in [-0.39, 0.29) is 6.17 Å². The highest BCUT2D eigenvalue weighted by molar-refractivity contribution is 5.45. The minimum atomic E-state index is -4.31. The standard InChI is InChI=1S/C12H13F3N4/c1-2-11(19-8-7-16-18-19)17-10-5-3-9(4-6-10)12(13,14)15/h3-8,11,17H,2H2,1H3. The molecule has 0 aliphatic carbocycles. The predicted octanol–water partition coefficient (Wildman–Crippen LogP) is 3.32. The van der Waals surface area contributed by atoms with Gasteiger partial charge in [-0.2, -0.15) is 13.2 Å². The molecule has 0 fully saturated rings. The number of aromatic nitrogens is 3. The number of nitrogens with one attached hydrogen (secondary N) is 1. The molecule has 2 aromatic rings. The van der Waals surface area contributed by atoms with Gasteiger partial charge >= 0.3 is 6.18 Å². The van der Waals surface area contributed by atoms with E-state index in [2.05, 4.69) is 15.6 Å². The third-order valence-corrected chi connectivity index (χ3v) is 2.69. The van der Waals surface area contributed by atoms with Crippen LogP contribution in [0.5, 0.6) is 0 Å². The van der Waals surface area contributed by atoms with Crippen LogP contribution in [0.25, 0.3) is 0 Å². The summed E-state index contributed by atoms with van der Waals surface area (Å²) in [5, 5.41) is 10.7. The lowest BCUT2D eigenvalue weighted by Crippen LogP contribution is -2.18. The van der Waals surface area contributed by atoms with E-state index in [1.54, 1.807) is 17.1 Å². The summed E-state index contributed by atoms with van der Waals surface area (Å²) >= 11 is 0. The lowest BCUT2D eigenvalue weighted by molar-refractivity contribution is -0.137. The van der Waals surface area contributed by atoms with Crippen LogP contribution < -0.4 is 5.32 Å². The van der Waals surface area contributed by atoms with Gasteiger partial charge in [0, 0.05) is 11.9 Å². The number of alkyl halides is 3. The third-order valence-electron chi connectivity index (χ3n) is 2.69. The monoisotopic (exact) mass is 270 g/mol. The van der Waals surface area contributed by atoms with E-state index in [1.165, 1.54) is 12.1 Å². The van der Waals surface area contributed by atoms with Crippen LogP contribution in [-0.4, -0.2) is 15.0 Å². The Morgan fingerprint density at radius 1 is 1.26 bits per heavy atom. The Hall–Kier alpha value is -2.05. The zero-order valence-corrected chi connectivity index (χ0v) is 10.2. The van der Waals surface area contributed by atoms with Gasteiger partial charge in [-0.25, -0.2) is 4.68 Å². The largest absolute Gasteiger partial charge is 0.416 e. The molecule has 1 N–H and O–H groups in total. The van der Waals surface area contributed by atoms with Crippen molar-refractivity contribution >= 4 is 5.69 Å². The topological polar surface area (TPSA) is 42.7 Å². The van der Waals surface area contributed by atoms with Crippen molar-refractivity contribution < 1.29 is 13.2 Å². The van der Waals surface area contributed by atoms with Crippen LogP contribution in [0.3, 0.4) is 0 Å². The van der Waals surface area contributed by atoms with Crippen LogP contribution in [0.15, 0.2) is 36.7 Å². The van der Waals surface area contributed by atoms with Crippen LogP contribution in [-0.2, 0) is 6.18 Å². The molecule has 0 saturated carbocycles. The molecule has 7 heteroatoms. The summed E-state index contributed by atoms with van der Waals surface area (Å²) in [5.74, 6) is 0. The first-order chi connectivity index (χ1) is 9.00. The van der Waals surface area contributed by atoms with Crippen molar-refractivity contribution in [2.24, 2.45) is 0 Å². The van der Waals surface area contributed by atoms with Crippen molar-refractivity contribution in [3.05, 3.63) is 42.2 Å². The Bertz CT molecular complexity index is 505. The fourth-order valence-corrected chi connectivity index (χ4v) is 1.69. The summed E-state index contributed by atoms with van der Waals surface area (Å²) in [6.07, 6.45) is -0.472. The van der Waals surface area contributed by atoms with Crippen LogP contribution >= 0.6 is 0 Å². The second kappa shape index (κ2) is 5.29. The second-order valence-corrected chi connectivity index (χ2v) is 4.03. The van der Waals surface area contributed by atoms with Crippen molar-refractivity contribution in [3.8, 4) is 0 Å². The fraction of sp³-hybridized carbons (Fsp3) is 0.333. The molecule has 0 radical (unpaired) electrons. The van der Waals surface area contributed by atoms with Gasteiger partial charge in [0.2, 0.25) is 0 Å². The molecule has 1 aromatic carbocycles. The molecule has 1 heterocycles. The summed E-state index contributed by atoms with van der Waals surface area (Å²) in [5.41, 5.74) is -0.0535. The van der Waals surface area contributed by atoms with Crippen molar-refractivity contribution in [1.82, 2.24) is 15.0 Å². The van der Waals surface area contributed by atoms with Gasteiger partial charge in [-0.05, 0) is 30.7 Å². The Balaban J connectivity index is 2.11. The van der Waals surface area contributed by atoms with Crippen LogP contribution in [0.1, 0.15) is 25.1 Å². The molecule has 0 spiro atoms. The maximum absolute atomic E-state index is 12.4. The number of halogens is 3. The van der Waals surface area contributed by atoms with E-state index < -0.39 is 11.7 Å². The molecule has 1 unspecified atom stereocenters. The highest BCUT2D eigenvalue weighted by Crippen LogP contribution is 2.30. The van der Waals surface area contributed by atoms with E-state index in [0.717, 1.165) is 18.6 Å². The lowest BCUT2D eigenvalue weighted by atomic mass is 10.2. The van der Waals surface area contributed by atoms with Crippen LogP contribution in [0.4, 0.5) is 18.9 Å². The van der Waals surface area contributed by atoms with Crippen molar-refractivity contribution in [2.75, 3.05) is 5.32 Å². The summed E-state index contributed by atoms with van der Waals surface area (Å²) in [6.45, 7) is 1.95. The Morgan fingerprint density at radius 3 is 2.42 bits per heavy atom. The van der Waals surface area contributed by atoms with E-state index in [9.17, 15) is 13.2 Å². The predicted molar refractivity (Wildman–Crippen MR) is 64.4 cm³/mol. The Kier molecular flexibility index (Phi) is 3.73. The van der Waals surface area contributed by atoms with Gasteiger partial charge in [0.15, 0.2) is 0 Å². The zero-order chi connectivity index (χ0) is 13.9. The molecular weight excluding hydrogens is 257 g/mol. The van der Waals surface area contributed by atoms with Crippen molar-refractivity contribution in [3.63, 3.8) is 0 Å². The average Bonchev–Trinajstić information content (AvgIpc) is 2.89. The number of nitrogens with zero attached hydrogens (tertiary/aromatic N) is 3. The lowest BCUT2D eigenvalue weighted by Gasteiger charge is -2.18. The summed E-state index contributed by atoms with van der Waals surface area (Å²) in [7, 11) is 0. The first-order valence-electron chi connectivity index (χ1n) is 5.80. The highest BCUT2D eigenvalue weighted by Gasteiger charge is 2.29. The van der Waals surface area contributed by atoms with E-state index in [0.29, 0.717) is 5.69 Å². The molecule has 0 saturated heterocycles. The maximum atomic E-state index is 12.4. The van der Waals surface area contributed by atoms with E-state index in [1.807, 2.05) is 6.92 Å². The average molecular weight is 270 g/mol. The molecule has 0 bridgehead atoms. The van der Waals surface area contributed by atoms with Gasteiger partial charge in [0.25, 0.3) is 0 Å². The Morgan fingerprint density at radius 2 is 1.95 bits per heavy atom. The number of benzene rings is 1. The molecule has 0 aliphatic heterocycles. The quantitative estimate of drug-likeness (QED) is 0.926. The Labute approximate surface area is 108 Å². The minimum absolute atomic E-state index is 0.140. The third kappa shape index (κ3) is 3.24. The van der Waals surface area contributed by atoms with Crippen molar-refractivity contribution in [1.29, 1.82) is 0 Å². The van der Waals surface area contributed by atoms with E-state index >= 15 is 0 Å². The van der Waals surface area contributed by atoms with Crippen LogP contribution in [0.2, 0.25) is 0 Å². The molecular formula is C12H13F3N4. The first-order valence-corrected chi connectivity index (χ1v) is 5.80. The number of hydrogen-bond acceptors (Lipinski definition) is 3. The highest BCUT2D eigenvalue weighted by atomic mass is 19.4. The SMILES string of the molecule is CCC(Nc1ccc(C(F)(F)F)cc1)n1ccnn1. The van der Waals surface area contributed by atoms with Crippen molar-refractivity contribution in [2.45, 2.75) is 25.7 Å². The number of hydrogen-bond donors (Lipinski definition) is 1. The molecule has 0 amide bonds. The maximum Gasteiger partial charge on any atom is 0.416 e. The van der Waals surface area contributed by atoms with Gasteiger partial charge in [-0.1, -0.05) is 12.1 Å². The normalized spacial score (nSPS) is 13.3. The zero-order valence-electron chi connectivity index (χ0n) is 10.2. The molecule has 2 rings (SSSR count). The van der Waals surface area contributed by atoms with Crippen LogP contribution in [0, 0.1) is 0 Å². The molecule has 1 aromatic heterocycles. The summed E-state index contributed by atoms with van der Waals surface area (Å²) in [4.78, 5) is 0. The summed E-state index contributed by atoms with van der Waals surface area (Å²) in [6, 6.07) is 4.91. The van der Waals surface area contributed by atoms with E-state index in [4.69, 9.17) is 0 Å². The number of anilines is 1. The minimum Gasteiger partial charge on any atom is -0.364 e. The first kappa shape index (κ1) is 13.4. The molecule has 4 nitrogen and oxygen atoms in total. The number of rotatable bonds is 4.